The Kier molecular flexibility index (Phi) is 4.31. The second-order valence-corrected chi connectivity index (χ2v) is 4.70. The lowest BCUT2D eigenvalue weighted by Crippen LogP contribution is -2.27. The van der Waals surface area contributed by atoms with Crippen LogP contribution in [0.25, 0.3) is 0 Å². The molecule has 5 nitrogen and oxygen atoms in total. The van der Waals surface area contributed by atoms with Crippen molar-refractivity contribution in [3.05, 3.63) is 23.8 Å². The van der Waals surface area contributed by atoms with Crippen LogP contribution < -0.4 is 10.1 Å². The fourth-order valence-electron chi connectivity index (χ4n) is 1.29. The standard InChI is InChI=1S/C13H17NO4/c1-13(2,3)18-12(16)14-11-7-10(17-4)6-5-9(11)8-15/h5-8H,1-4H3,(H,14,16). The van der Waals surface area contributed by atoms with Crippen molar-refractivity contribution in [3.8, 4) is 5.75 Å². The number of anilines is 1. The van der Waals surface area contributed by atoms with Crippen molar-refractivity contribution in [3.63, 3.8) is 0 Å². The van der Waals surface area contributed by atoms with Crippen molar-refractivity contribution in [1.82, 2.24) is 0 Å². The van der Waals surface area contributed by atoms with Crippen molar-refractivity contribution in [1.29, 1.82) is 0 Å². The molecule has 0 heterocycles. The van der Waals surface area contributed by atoms with Crippen molar-refractivity contribution in [2.75, 3.05) is 12.4 Å². The molecule has 0 radical (unpaired) electrons. The van der Waals surface area contributed by atoms with Gasteiger partial charge < -0.3 is 9.47 Å². The second-order valence-electron chi connectivity index (χ2n) is 4.70. The van der Waals surface area contributed by atoms with E-state index in [0.717, 1.165) is 0 Å². The van der Waals surface area contributed by atoms with Crippen molar-refractivity contribution < 1.29 is 19.1 Å². The normalized spacial score (nSPS) is 10.7. The Morgan fingerprint density at radius 2 is 2.00 bits per heavy atom. The molecule has 1 aromatic carbocycles. The third-order valence-corrected chi connectivity index (χ3v) is 2.02. The molecule has 18 heavy (non-hydrogen) atoms. The lowest BCUT2D eigenvalue weighted by Gasteiger charge is -2.20. The SMILES string of the molecule is COc1ccc(C=O)c(NC(=O)OC(C)(C)C)c1. The van der Waals surface area contributed by atoms with Crippen LogP contribution in [0, 0.1) is 0 Å². The summed E-state index contributed by atoms with van der Waals surface area (Å²) in [4.78, 5) is 22.5. The number of ether oxygens (including phenoxy) is 2. The van der Waals surface area contributed by atoms with Crippen LogP contribution in [0.3, 0.4) is 0 Å². The molecule has 0 aliphatic heterocycles. The van der Waals surface area contributed by atoms with E-state index in [1.54, 1.807) is 39.0 Å². The molecule has 1 rings (SSSR count). The molecule has 1 aromatic rings. The van der Waals surface area contributed by atoms with E-state index in [1.807, 2.05) is 0 Å². The summed E-state index contributed by atoms with van der Waals surface area (Å²) in [6.45, 7) is 5.29. The first kappa shape index (κ1) is 14.0. The Labute approximate surface area is 106 Å². The van der Waals surface area contributed by atoms with Gasteiger partial charge >= 0.3 is 6.09 Å². The Hall–Kier alpha value is -2.04. The summed E-state index contributed by atoms with van der Waals surface area (Å²) in [5.74, 6) is 0.548. The minimum Gasteiger partial charge on any atom is -0.497 e. The molecule has 0 aromatic heterocycles. The number of rotatable bonds is 3. The topological polar surface area (TPSA) is 64.6 Å². The van der Waals surface area contributed by atoms with Crippen molar-refractivity contribution >= 4 is 18.1 Å². The highest BCUT2D eigenvalue weighted by atomic mass is 16.6. The molecule has 0 aliphatic carbocycles. The van der Waals surface area contributed by atoms with Gasteiger partial charge in [-0.05, 0) is 32.9 Å². The number of aldehydes is 1. The average molecular weight is 251 g/mol. The molecule has 0 saturated heterocycles. The van der Waals surface area contributed by atoms with E-state index in [1.165, 1.54) is 7.11 Å². The predicted octanol–water partition coefficient (Wildman–Crippen LogP) is 2.85. The Bertz CT molecular complexity index is 449. The van der Waals surface area contributed by atoms with Crippen LogP contribution in [0.1, 0.15) is 31.1 Å². The summed E-state index contributed by atoms with van der Waals surface area (Å²) in [6, 6.07) is 4.77. The van der Waals surface area contributed by atoms with Gasteiger partial charge in [0.05, 0.1) is 12.8 Å². The van der Waals surface area contributed by atoms with Crippen LogP contribution in [0.5, 0.6) is 5.75 Å². The zero-order chi connectivity index (χ0) is 13.8. The molecule has 98 valence electrons. The maximum absolute atomic E-state index is 11.6. The molecule has 1 N–H and O–H groups in total. The summed E-state index contributed by atoms with van der Waals surface area (Å²) in [5, 5.41) is 2.52. The molecule has 1 amide bonds. The number of hydrogen-bond donors (Lipinski definition) is 1. The largest absolute Gasteiger partial charge is 0.497 e. The maximum Gasteiger partial charge on any atom is 0.412 e. The third-order valence-electron chi connectivity index (χ3n) is 2.02. The first-order chi connectivity index (χ1) is 8.35. The fraction of sp³-hybridized carbons (Fsp3) is 0.385. The van der Waals surface area contributed by atoms with Crippen LogP contribution in [-0.2, 0) is 4.74 Å². The number of benzene rings is 1. The molecule has 0 saturated carbocycles. The quantitative estimate of drug-likeness (QED) is 0.839. The zero-order valence-corrected chi connectivity index (χ0v) is 10.9. The van der Waals surface area contributed by atoms with Gasteiger partial charge in [0.1, 0.15) is 11.4 Å². The van der Waals surface area contributed by atoms with Gasteiger partial charge in [0.2, 0.25) is 0 Å². The molecular weight excluding hydrogens is 234 g/mol. The number of nitrogens with one attached hydrogen (secondary N) is 1. The van der Waals surface area contributed by atoms with Crippen molar-refractivity contribution in [2.45, 2.75) is 26.4 Å². The van der Waals surface area contributed by atoms with E-state index >= 15 is 0 Å². The van der Waals surface area contributed by atoms with Gasteiger partial charge in [-0.25, -0.2) is 4.79 Å². The minimum atomic E-state index is -0.612. The van der Waals surface area contributed by atoms with Gasteiger partial charge in [-0.2, -0.15) is 0 Å². The number of carbonyl (C=O) groups excluding carboxylic acids is 2. The smallest absolute Gasteiger partial charge is 0.412 e. The highest BCUT2D eigenvalue weighted by molar-refractivity contribution is 5.93. The highest BCUT2D eigenvalue weighted by Gasteiger charge is 2.17. The van der Waals surface area contributed by atoms with Gasteiger partial charge in [0.15, 0.2) is 6.29 Å². The first-order valence-electron chi connectivity index (χ1n) is 5.49. The molecule has 0 fully saturated rings. The Morgan fingerprint density at radius 1 is 1.33 bits per heavy atom. The highest BCUT2D eigenvalue weighted by Crippen LogP contribution is 2.22. The third kappa shape index (κ3) is 4.08. The molecule has 0 atom stereocenters. The van der Waals surface area contributed by atoms with Gasteiger partial charge in [0, 0.05) is 11.6 Å². The van der Waals surface area contributed by atoms with Crippen LogP contribution in [0.4, 0.5) is 10.5 Å². The monoisotopic (exact) mass is 251 g/mol. The lowest BCUT2D eigenvalue weighted by molar-refractivity contribution is 0.0636. The van der Waals surface area contributed by atoms with E-state index in [-0.39, 0.29) is 0 Å². The van der Waals surface area contributed by atoms with Crippen molar-refractivity contribution in [2.24, 2.45) is 0 Å². The lowest BCUT2D eigenvalue weighted by atomic mass is 10.2. The minimum absolute atomic E-state index is 0.360. The van der Waals surface area contributed by atoms with Crippen LogP contribution in [0.15, 0.2) is 18.2 Å². The molecule has 0 bridgehead atoms. The van der Waals surface area contributed by atoms with Crippen LogP contribution >= 0.6 is 0 Å². The van der Waals surface area contributed by atoms with E-state index in [2.05, 4.69) is 5.32 Å². The summed E-state index contributed by atoms with van der Waals surface area (Å²) in [7, 11) is 1.51. The Balaban J connectivity index is 2.88. The number of carbonyl (C=O) groups is 2. The summed E-state index contributed by atoms with van der Waals surface area (Å²) in [5.41, 5.74) is 0.129. The van der Waals surface area contributed by atoms with Gasteiger partial charge in [-0.15, -0.1) is 0 Å². The summed E-state index contributed by atoms with van der Waals surface area (Å²) < 4.78 is 10.1. The van der Waals surface area contributed by atoms with Gasteiger partial charge in [-0.3, -0.25) is 10.1 Å². The average Bonchev–Trinajstić information content (AvgIpc) is 2.26. The fourth-order valence-corrected chi connectivity index (χ4v) is 1.29. The number of methoxy groups -OCH3 is 1. The molecule has 0 aliphatic rings. The van der Waals surface area contributed by atoms with E-state index in [0.29, 0.717) is 23.3 Å². The first-order valence-corrected chi connectivity index (χ1v) is 5.49. The van der Waals surface area contributed by atoms with Gasteiger partial charge in [-0.1, -0.05) is 0 Å². The molecule has 5 heteroatoms. The number of hydrogen-bond acceptors (Lipinski definition) is 4. The predicted molar refractivity (Wildman–Crippen MR) is 68.2 cm³/mol. The van der Waals surface area contributed by atoms with E-state index in [4.69, 9.17) is 9.47 Å². The summed E-state index contributed by atoms with van der Waals surface area (Å²) >= 11 is 0. The zero-order valence-electron chi connectivity index (χ0n) is 10.9. The van der Waals surface area contributed by atoms with E-state index in [9.17, 15) is 9.59 Å². The van der Waals surface area contributed by atoms with Crippen LogP contribution in [0.2, 0.25) is 0 Å². The van der Waals surface area contributed by atoms with E-state index < -0.39 is 11.7 Å². The van der Waals surface area contributed by atoms with Crippen LogP contribution in [-0.4, -0.2) is 25.1 Å². The van der Waals surface area contributed by atoms with Gasteiger partial charge in [0.25, 0.3) is 0 Å². The molecular formula is C13H17NO4. The number of amides is 1. The maximum atomic E-state index is 11.6. The molecule has 0 spiro atoms. The summed E-state index contributed by atoms with van der Waals surface area (Å²) in [6.07, 6.45) is 0.0467. The Morgan fingerprint density at radius 3 is 2.50 bits per heavy atom. The second kappa shape index (κ2) is 5.53. The molecule has 0 unspecified atom stereocenters.